The molecule has 10 heavy (non-hydrogen) atoms. The van der Waals surface area contributed by atoms with Crippen LogP contribution in [0, 0.1) is 0 Å². The van der Waals surface area contributed by atoms with Crippen LogP contribution in [-0.4, -0.2) is 11.8 Å². The molecule has 1 heterocycles. The van der Waals surface area contributed by atoms with Crippen LogP contribution >= 0.6 is 0 Å². The Bertz CT molecular complexity index is 172. The lowest BCUT2D eigenvalue weighted by atomic mass is 10.1. The van der Waals surface area contributed by atoms with Gasteiger partial charge in [-0.3, -0.25) is 4.79 Å². The fourth-order valence-electron chi connectivity index (χ4n) is 1.000. The van der Waals surface area contributed by atoms with Gasteiger partial charge in [0.25, 0.3) is 0 Å². The van der Waals surface area contributed by atoms with Crippen molar-refractivity contribution in [3.8, 4) is 0 Å². The Morgan fingerprint density at radius 1 is 1.90 bits per heavy atom. The van der Waals surface area contributed by atoms with E-state index >= 15 is 0 Å². The summed E-state index contributed by atoms with van der Waals surface area (Å²) in [5.74, 6) is 0.200. The van der Waals surface area contributed by atoms with Crippen molar-refractivity contribution in [2.75, 3.05) is 0 Å². The molecule has 0 saturated heterocycles. The van der Waals surface area contributed by atoms with Gasteiger partial charge in [0, 0.05) is 18.7 Å². The predicted molar refractivity (Wildman–Crippen MR) is 40.5 cm³/mol. The molecule has 1 N–H and O–H groups in total. The van der Waals surface area contributed by atoms with Crippen LogP contribution in [-0.2, 0) is 4.79 Å². The lowest BCUT2D eigenvalue weighted by molar-refractivity contribution is -0.115. The molecule has 0 radical (unpaired) electrons. The second kappa shape index (κ2) is 3.20. The molecule has 2 heteroatoms. The van der Waals surface area contributed by atoms with E-state index in [9.17, 15) is 4.79 Å². The highest BCUT2D eigenvalue weighted by Gasteiger charge is 2.11. The molecule has 0 aromatic rings. The highest BCUT2D eigenvalue weighted by atomic mass is 16.1. The van der Waals surface area contributed by atoms with E-state index < -0.39 is 0 Å². The van der Waals surface area contributed by atoms with Crippen LogP contribution in [0.2, 0.25) is 0 Å². The van der Waals surface area contributed by atoms with Crippen molar-refractivity contribution in [3.05, 3.63) is 24.9 Å². The summed E-state index contributed by atoms with van der Waals surface area (Å²) in [6, 6.07) is 0.273. The summed E-state index contributed by atoms with van der Waals surface area (Å²) >= 11 is 0. The molecule has 0 bridgehead atoms. The molecule has 0 aromatic carbocycles. The fourth-order valence-corrected chi connectivity index (χ4v) is 1.000. The van der Waals surface area contributed by atoms with Crippen LogP contribution in [0.15, 0.2) is 24.9 Å². The molecule has 1 aliphatic rings. The summed E-state index contributed by atoms with van der Waals surface area (Å²) in [4.78, 5) is 10.8. The molecule has 1 rings (SSSR count). The minimum Gasteiger partial charge on any atom is -0.387 e. The lowest BCUT2D eigenvalue weighted by Gasteiger charge is -2.16. The molecule has 54 valence electrons. The van der Waals surface area contributed by atoms with Gasteiger partial charge in [-0.25, -0.2) is 0 Å². The van der Waals surface area contributed by atoms with Crippen LogP contribution in [0.5, 0.6) is 0 Å². The highest BCUT2D eigenvalue weighted by Crippen LogP contribution is 2.04. The Kier molecular flexibility index (Phi) is 2.26. The van der Waals surface area contributed by atoms with Gasteiger partial charge in [-0.15, -0.1) is 6.58 Å². The van der Waals surface area contributed by atoms with Gasteiger partial charge in [0.05, 0.1) is 0 Å². The van der Waals surface area contributed by atoms with Crippen LogP contribution in [0.1, 0.15) is 12.8 Å². The van der Waals surface area contributed by atoms with E-state index in [1.54, 1.807) is 12.3 Å². The first-order chi connectivity index (χ1) is 4.83. The summed E-state index contributed by atoms with van der Waals surface area (Å²) in [5, 5.41) is 3.08. The average Bonchev–Trinajstić information content (AvgIpc) is 1.88. The van der Waals surface area contributed by atoms with Crippen LogP contribution in [0.4, 0.5) is 0 Å². The van der Waals surface area contributed by atoms with Gasteiger partial charge in [0.2, 0.25) is 0 Å². The third-order valence-corrected chi connectivity index (χ3v) is 1.50. The first kappa shape index (κ1) is 7.06. The summed E-state index contributed by atoms with van der Waals surface area (Å²) in [5.41, 5.74) is 0. The maximum atomic E-state index is 10.8. The van der Waals surface area contributed by atoms with Crippen molar-refractivity contribution in [1.82, 2.24) is 5.32 Å². The molecular formula is C8H11NO. The highest BCUT2D eigenvalue weighted by molar-refractivity contribution is 5.90. The number of nitrogens with one attached hydrogen (secondary N) is 1. The molecule has 0 saturated carbocycles. The Morgan fingerprint density at radius 2 is 2.70 bits per heavy atom. The molecule has 0 spiro atoms. The number of allylic oxidation sites excluding steroid dienone is 1. The Balaban J connectivity index is 2.43. The second-order valence-corrected chi connectivity index (χ2v) is 2.39. The van der Waals surface area contributed by atoms with Crippen molar-refractivity contribution >= 4 is 5.78 Å². The average molecular weight is 137 g/mol. The first-order valence-corrected chi connectivity index (χ1v) is 3.39. The maximum Gasteiger partial charge on any atom is 0.159 e. The SMILES string of the molecule is C=CCC1CC(=O)C=CN1. The smallest absolute Gasteiger partial charge is 0.159 e. The number of carbonyl (C=O) groups excluding carboxylic acids is 1. The van der Waals surface area contributed by atoms with Crippen molar-refractivity contribution in [3.63, 3.8) is 0 Å². The zero-order chi connectivity index (χ0) is 7.40. The molecule has 0 aliphatic carbocycles. The van der Waals surface area contributed by atoms with E-state index in [1.807, 2.05) is 6.08 Å². The molecule has 1 unspecified atom stereocenters. The molecule has 0 amide bonds. The molecule has 2 nitrogen and oxygen atoms in total. The number of hydrogen-bond donors (Lipinski definition) is 1. The van der Waals surface area contributed by atoms with Gasteiger partial charge >= 0.3 is 0 Å². The van der Waals surface area contributed by atoms with Gasteiger partial charge < -0.3 is 5.32 Å². The number of ketones is 1. The van der Waals surface area contributed by atoms with Crippen LogP contribution in [0.3, 0.4) is 0 Å². The van der Waals surface area contributed by atoms with Gasteiger partial charge in [0.1, 0.15) is 0 Å². The van der Waals surface area contributed by atoms with Gasteiger partial charge in [-0.2, -0.15) is 0 Å². The van der Waals surface area contributed by atoms with E-state index in [0.29, 0.717) is 6.42 Å². The number of rotatable bonds is 2. The standard InChI is InChI=1S/C8H11NO/c1-2-3-7-6-8(10)4-5-9-7/h2,4-5,7,9H,1,3,6H2. The Hall–Kier alpha value is -1.05. The Labute approximate surface area is 60.6 Å². The summed E-state index contributed by atoms with van der Waals surface area (Å²) < 4.78 is 0. The van der Waals surface area contributed by atoms with Gasteiger partial charge in [-0.1, -0.05) is 6.08 Å². The quantitative estimate of drug-likeness (QED) is 0.575. The van der Waals surface area contributed by atoms with Crippen LogP contribution in [0.25, 0.3) is 0 Å². The molecular weight excluding hydrogens is 126 g/mol. The van der Waals surface area contributed by atoms with Gasteiger partial charge in [-0.05, 0) is 12.5 Å². The molecule has 1 atom stereocenters. The van der Waals surface area contributed by atoms with E-state index in [0.717, 1.165) is 6.42 Å². The third kappa shape index (κ3) is 1.72. The molecule has 1 aliphatic heterocycles. The topological polar surface area (TPSA) is 29.1 Å². The molecule has 0 fully saturated rings. The zero-order valence-electron chi connectivity index (χ0n) is 5.84. The van der Waals surface area contributed by atoms with Crippen LogP contribution < -0.4 is 5.32 Å². The van der Waals surface area contributed by atoms with E-state index in [4.69, 9.17) is 0 Å². The van der Waals surface area contributed by atoms with E-state index in [1.165, 1.54) is 0 Å². The molecule has 0 aromatic heterocycles. The van der Waals surface area contributed by atoms with E-state index in [-0.39, 0.29) is 11.8 Å². The van der Waals surface area contributed by atoms with E-state index in [2.05, 4.69) is 11.9 Å². The lowest BCUT2D eigenvalue weighted by Crippen LogP contribution is -2.29. The normalized spacial score (nSPS) is 24.0. The third-order valence-electron chi connectivity index (χ3n) is 1.50. The summed E-state index contributed by atoms with van der Waals surface area (Å²) in [7, 11) is 0. The minimum atomic E-state index is 0.200. The summed E-state index contributed by atoms with van der Waals surface area (Å²) in [6.45, 7) is 3.60. The van der Waals surface area contributed by atoms with Crippen molar-refractivity contribution in [2.24, 2.45) is 0 Å². The minimum absolute atomic E-state index is 0.200. The maximum absolute atomic E-state index is 10.8. The van der Waals surface area contributed by atoms with Crippen molar-refractivity contribution in [2.45, 2.75) is 18.9 Å². The predicted octanol–water partition coefficient (Wildman–Crippen LogP) is 1.01. The van der Waals surface area contributed by atoms with Gasteiger partial charge in [0.15, 0.2) is 5.78 Å². The fraction of sp³-hybridized carbons (Fsp3) is 0.375. The largest absolute Gasteiger partial charge is 0.387 e. The zero-order valence-corrected chi connectivity index (χ0v) is 5.84. The number of hydrogen-bond acceptors (Lipinski definition) is 2. The first-order valence-electron chi connectivity index (χ1n) is 3.39. The summed E-state index contributed by atoms with van der Waals surface area (Å²) in [6.07, 6.45) is 6.56. The number of carbonyl (C=O) groups is 1. The second-order valence-electron chi connectivity index (χ2n) is 2.39. The monoisotopic (exact) mass is 137 g/mol. The van der Waals surface area contributed by atoms with Crippen molar-refractivity contribution in [1.29, 1.82) is 0 Å². The Morgan fingerprint density at radius 3 is 3.30 bits per heavy atom. The van der Waals surface area contributed by atoms with Crippen molar-refractivity contribution < 1.29 is 4.79 Å².